The summed E-state index contributed by atoms with van der Waals surface area (Å²) >= 11 is 1.72. The van der Waals surface area contributed by atoms with Gasteiger partial charge in [-0.25, -0.2) is 8.42 Å². The van der Waals surface area contributed by atoms with Crippen LogP contribution in [0, 0.1) is 0 Å². The molecule has 7 heteroatoms. The molecular weight excluding hydrogens is 246 g/mol. The number of sulfonamides is 1. The lowest BCUT2D eigenvalue weighted by molar-refractivity contribution is 0.382. The van der Waals surface area contributed by atoms with Crippen LogP contribution >= 0.6 is 11.8 Å². The van der Waals surface area contributed by atoms with Crippen molar-refractivity contribution in [1.29, 1.82) is 0 Å². The van der Waals surface area contributed by atoms with E-state index in [1.165, 1.54) is 16.7 Å². The molecule has 1 heterocycles. The fourth-order valence-electron chi connectivity index (χ4n) is 1.25. The summed E-state index contributed by atoms with van der Waals surface area (Å²) in [4.78, 5) is 0.214. The first-order chi connectivity index (χ1) is 7.50. The number of nitrogens with one attached hydrogen (secondary N) is 1. The van der Waals surface area contributed by atoms with Crippen molar-refractivity contribution in [2.24, 2.45) is 0 Å². The van der Waals surface area contributed by atoms with E-state index in [2.05, 4.69) is 10.2 Å². The Morgan fingerprint density at radius 1 is 1.62 bits per heavy atom. The molecule has 0 spiro atoms. The first-order valence-corrected chi connectivity index (χ1v) is 7.79. The largest absolute Gasteiger partial charge is 0.284 e. The fourth-order valence-corrected chi connectivity index (χ4v) is 3.13. The van der Waals surface area contributed by atoms with E-state index in [4.69, 9.17) is 0 Å². The molecule has 0 saturated carbocycles. The van der Waals surface area contributed by atoms with Gasteiger partial charge in [0.05, 0.1) is 6.20 Å². The first kappa shape index (κ1) is 13.5. The van der Waals surface area contributed by atoms with Gasteiger partial charge in [-0.2, -0.15) is 21.2 Å². The normalized spacial score (nSPS) is 14.2. The van der Waals surface area contributed by atoms with Gasteiger partial charge < -0.3 is 0 Å². The van der Waals surface area contributed by atoms with Gasteiger partial charge in [-0.05, 0) is 25.4 Å². The van der Waals surface area contributed by atoms with Crippen molar-refractivity contribution in [3.8, 4) is 0 Å². The van der Waals surface area contributed by atoms with Crippen molar-refractivity contribution in [1.82, 2.24) is 14.5 Å². The standard InChI is InChI=1S/C9H17N3O2S2/c1-8(4-5-15-3)12(2)16(13,14)9-6-10-11-7-9/h6-8H,4-5H2,1-3H3,(H,10,11). The molecule has 1 atom stereocenters. The van der Waals surface area contributed by atoms with Crippen molar-refractivity contribution in [2.75, 3.05) is 19.1 Å². The number of nitrogens with zero attached hydrogens (tertiary/aromatic N) is 2. The van der Waals surface area contributed by atoms with Gasteiger partial charge in [0.15, 0.2) is 0 Å². The third-order valence-corrected chi connectivity index (χ3v) is 5.09. The van der Waals surface area contributed by atoms with Gasteiger partial charge in [0.2, 0.25) is 10.0 Å². The minimum Gasteiger partial charge on any atom is -0.284 e. The molecule has 0 radical (unpaired) electrons. The summed E-state index contributed by atoms with van der Waals surface area (Å²) in [6, 6.07) is -0.00708. The van der Waals surface area contributed by atoms with Crippen LogP contribution in [0.15, 0.2) is 17.3 Å². The third-order valence-electron chi connectivity index (χ3n) is 2.51. The van der Waals surface area contributed by atoms with Crippen LogP contribution < -0.4 is 0 Å². The molecule has 0 aliphatic heterocycles. The van der Waals surface area contributed by atoms with Crippen molar-refractivity contribution >= 4 is 21.8 Å². The summed E-state index contributed by atoms with van der Waals surface area (Å²) in [6.45, 7) is 1.91. The molecule has 0 fully saturated rings. The number of aromatic amines is 1. The maximum absolute atomic E-state index is 12.1. The Morgan fingerprint density at radius 3 is 2.81 bits per heavy atom. The molecule has 1 unspecified atom stereocenters. The van der Waals surface area contributed by atoms with Crippen molar-refractivity contribution in [2.45, 2.75) is 24.3 Å². The summed E-state index contributed by atoms with van der Waals surface area (Å²) < 4.78 is 25.5. The zero-order valence-corrected chi connectivity index (χ0v) is 11.3. The van der Waals surface area contributed by atoms with Crippen LogP contribution in [0.4, 0.5) is 0 Å². The highest BCUT2D eigenvalue weighted by Gasteiger charge is 2.25. The molecular formula is C9H17N3O2S2. The number of hydrogen-bond acceptors (Lipinski definition) is 4. The maximum atomic E-state index is 12.1. The van der Waals surface area contributed by atoms with Crippen LogP contribution in [-0.4, -0.2) is 48.0 Å². The molecule has 0 saturated heterocycles. The predicted molar refractivity (Wildman–Crippen MR) is 66.0 cm³/mol. The molecule has 1 aromatic heterocycles. The Labute approximate surface area is 101 Å². The van der Waals surface area contributed by atoms with E-state index < -0.39 is 10.0 Å². The van der Waals surface area contributed by atoms with E-state index in [1.54, 1.807) is 18.8 Å². The topological polar surface area (TPSA) is 66.1 Å². The zero-order valence-electron chi connectivity index (χ0n) is 9.67. The van der Waals surface area contributed by atoms with Crippen molar-refractivity contribution < 1.29 is 8.42 Å². The van der Waals surface area contributed by atoms with Crippen LogP contribution in [0.5, 0.6) is 0 Å². The van der Waals surface area contributed by atoms with Crippen LogP contribution in [-0.2, 0) is 10.0 Å². The van der Waals surface area contributed by atoms with Gasteiger partial charge in [0.25, 0.3) is 0 Å². The van der Waals surface area contributed by atoms with E-state index >= 15 is 0 Å². The van der Waals surface area contributed by atoms with Crippen LogP contribution in [0.25, 0.3) is 0 Å². The average molecular weight is 263 g/mol. The Hall–Kier alpha value is -0.530. The lowest BCUT2D eigenvalue weighted by Gasteiger charge is -2.23. The quantitative estimate of drug-likeness (QED) is 0.836. The Kier molecular flexibility index (Phi) is 4.82. The second-order valence-electron chi connectivity index (χ2n) is 3.59. The van der Waals surface area contributed by atoms with Crippen LogP contribution in [0.1, 0.15) is 13.3 Å². The maximum Gasteiger partial charge on any atom is 0.246 e. The molecule has 0 aromatic carbocycles. The molecule has 5 nitrogen and oxygen atoms in total. The van der Waals surface area contributed by atoms with E-state index in [9.17, 15) is 8.42 Å². The molecule has 16 heavy (non-hydrogen) atoms. The lowest BCUT2D eigenvalue weighted by Crippen LogP contribution is -2.35. The summed E-state index contributed by atoms with van der Waals surface area (Å²) in [6.07, 6.45) is 5.58. The molecule has 92 valence electrons. The molecule has 0 aliphatic carbocycles. The summed E-state index contributed by atoms with van der Waals surface area (Å²) in [5.41, 5.74) is 0. The molecule has 1 N–H and O–H groups in total. The zero-order chi connectivity index (χ0) is 12.2. The molecule has 0 bridgehead atoms. The van der Waals surface area contributed by atoms with Gasteiger partial charge in [0.1, 0.15) is 4.90 Å². The highest BCUT2D eigenvalue weighted by molar-refractivity contribution is 7.98. The molecule has 0 aliphatic rings. The van der Waals surface area contributed by atoms with Crippen LogP contribution in [0.3, 0.4) is 0 Å². The number of H-pyrrole nitrogens is 1. The smallest absolute Gasteiger partial charge is 0.246 e. The van der Waals surface area contributed by atoms with Gasteiger partial charge in [-0.1, -0.05) is 0 Å². The Bertz CT molecular complexity index is 402. The van der Waals surface area contributed by atoms with E-state index in [1.807, 2.05) is 13.2 Å². The number of thioether (sulfide) groups is 1. The Morgan fingerprint density at radius 2 is 2.31 bits per heavy atom. The molecule has 0 amide bonds. The van der Waals surface area contributed by atoms with Gasteiger partial charge in [-0.15, -0.1) is 0 Å². The first-order valence-electron chi connectivity index (χ1n) is 4.96. The minimum atomic E-state index is -3.39. The highest BCUT2D eigenvalue weighted by Crippen LogP contribution is 2.17. The Balaban J connectivity index is 2.77. The van der Waals surface area contributed by atoms with Gasteiger partial charge in [-0.3, -0.25) is 5.10 Å². The van der Waals surface area contributed by atoms with Crippen molar-refractivity contribution in [3.63, 3.8) is 0 Å². The predicted octanol–water partition coefficient (Wildman–Crippen LogP) is 1.17. The second kappa shape index (κ2) is 5.70. The van der Waals surface area contributed by atoms with Crippen LogP contribution in [0.2, 0.25) is 0 Å². The van der Waals surface area contributed by atoms with E-state index in [-0.39, 0.29) is 10.9 Å². The lowest BCUT2D eigenvalue weighted by atomic mass is 10.3. The minimum absolute atomic E-state index is 0.00708. The number of rotatable bonds is 6. The molecule has 1 aromatic rings. The SMILES string of the molecule is CSCCC(C)N(C)S(=O)(=O)c1cn[nH]c1. The number of aromatic nitrogens is 2. The average Bonchev–Trinajstić information content (AvgIpc) is 2.78. The summed E-state index contributed by atoms with van der Waals surface area (Å²) in [5, 5.41) is 6.17. The van der Waals surface area contributed by atoms with Crippen molar-refractivity contribution in [3.05, 3.63) is 12.4 Å². The van der Waals surface area contributed by atoms with Gasteiger partial charge in [0, 0.05) is 19.3 Å². The highest BCUT2D eigenvalue weighted by atomic mass is 32.2. The van der Waals surface area contributed by atoms with Gasteiger partial charge >= 0.3 is 0 Å². The van der Waals surface area contributed by atoms with E-state index in [0.717, 1.165) is 12.2 Å². The summed E-state index contributed by atoms with van der Waals surface area (Å²) in [7, 11) is -1.79. The third kappa shape index (κ3) is 2.99. The van der Waals surface area contributed by atoms with E-state index in [0.29, 0.717) is 0 Å². The second-order valence-corrected chi connectivity index (χ2v) is 6.57. The summed E-state index contributed by atoms with van der Waals surface area (Å²) in [5.74, 6) is 0.951. The fraction of sp³-hybridized carbons (Fsp3) is 0.667. The number of hydrogen-bond donors (Lipinski definition) is 1. The molecule has 1 rings (SSSR count). The monoisotopic (exact) mass is 263 g/mol.